The number of halogens is 3. The first-order valence-electron chi connectivity index (χ1n) is 13.0. The van der Waals surface area contributed by atoms with Gasteiger partial charge in [0.05, 0.1) is 50.6 Å². The molecule has 1 amide bonds. The number of hydrogen-bond acceptors (Lipinski definition) is 9. The highest BCUT2D eigenvalue weighted by Crippen LogP contribution is 2.43. The van der Waals surface area contributed by atoms with Crippen molar-refractivity contribution in [2.45, 2.75) is 31.5 Å². The largest absolute Gasteiger partial charge is 0.493 e. The second-order valence-electron chi connectivity index (χ2n) is 9.51. The third kappa shape index (κ3) is 7.69. The fourth-order valence-electron chi connectivity index (χ4n) is 4.39. The number of aliphatic carboxylic acids is 1. The smallest absolute Gasteiger partial charge is 0.490 e. The molecule has 0 bridgehead atoms. The SMILES string of the molecule is COc1cc(-c2cc3ncccc3c(OC[C@H]3CNC(=O)C3)n2)cc(OC)c1OC1CCOCC1.O=C(O)C(F)(F)F. The van der Waals surface area contributed by atoms with Gasteiger partial charge < -0.3 is 34.1 Å². The van der Waals surface area contributed by atoms with Gasteiger partial charge in [0.15, 0.2) is 11.5 Å². The number of alkyl halides is 3. The van der Waals surface area contributed by atoms with Gasteiger partial charge in [0.2, 0.25) is 17.5 Å². The molecule has 2 fully saturated rings. The van der Waals surface area contributed by atoms with E-state index in [0.29, 0.717) is 61.6 Å². The van der Waals surface area contributed by atoms with Gasteiger partial charge in [-0.1, -0.05) is 0 Å². The monoisotopic (exact) mass is 593 g/mol. The molecule has 4 heterocycles. The minimum atomic E-state index is -5.08. The van der Waals surface area contributed by atoms with Gasteiger partial charge in [0, 0.05) is 43.5 Å². The van der Waals surface area contributed by atoms with Crippen LogP contribution in [0.4, 0.5) is 13.2 Å². The minimum Gasteiger partial charge on any atom is -0.493 e. The van der Waals surface area contributed by atoms with Crippen LogP contribution in [0.1, 0.15) is 19.3 Å². The number of pyridine rings is 2. The van der Waals surface area contributed by atoms with Crippen LogP contribution in [0.3, 0.4) is 0 Å². The molecule has 2 aliphatic rings. The van der Waals surface area contributed by atoms with E-state index in [1.807, 2.05) is 30.3 Å². The highest BCUT2D eigenvalue weighted by atomic mass is 19.4. The molecule has 2 N–H and O–H groups in total. The van der Waals surface area contributed by atoms with Crippen molar-refractivity contribution in [2.75, 3.05) is 40.6 Å². The summed E-state index contributed by atoms with van der Waals surface area (Å²) >= 11 is 0. The Kier molecular flexibility index (Phi) is 9.88. The molecule has 0 aliphatic carbocycles. The number of nitrogens with zero attached hydrogens (tertiary/aromatic N) is 2. The first-order valence-corrected chi connectivity index (χ1v) is 13.0. The summed E-state index contributed by atoms with van der Waals surface area (Å²) in [6.45, 7) is 2.35. The van der Waals surface area contributed by atoms with E-state index in [4.69, 9.17) is 38.6 Å². The Labute approximate surface area is 238 Å². The van der Waals surface area contributed by atoms with Crippen molar-refractivity contribution in [1.29, 1.82) is 0 Å². The average Bonchev–Trinajstić information content (AvgIpc) is 3.41. The lowest BCUT2D eigenvalue weighted by molar-refractivity contribution is -0.192. The van der Waals surface area contributed by atoms with Crippen molar-refractivity contribution in [2.24, 2.45) is 5.92 Å². The van der Waals surface area contributed by atoms with Gasteiger partial charge in [-0.25, -0.2) is 9.78 Å². The Balaban J connectivity index is 0.000000517. The number of ether oxygens (including phenoxy) is 5. The van der Waals surface area contributed by atoms with E-state index in [2.05, 4.69) is 10.3 Å². The fourth-order valence-corrected chi connectivity index (χ4v) is 4.39. The summed E-state index contributed by atoms with van der Waals surface area (Å²) in [5, 5.41) is 10.8. The maximum atomic E-state index is 11.6. The second kappa shape index (κ2) is 13.6. The molecule has 5 rings (SSSR count). The first-order chi connectivity index (χ1) is 20.1. The van der Waals surface area contributed by atoms with Gasteiger partial charge in [-0.2, -0.15) is 13.2 Å². The summed E-state index contributed by atoms with van der Waals surface area (Å²) in [5.41, 5.74) is 2.21. The number of carboxylic acid groups (broad SMARTS) is 1. The highest BCUT2D eigenvalue weighted by molar-refractivity contribution is 5.87. The van der Waals surface area contributed by atoms with E-state index in [-0.39, 0.29) is 17.9 Å². The predicted molar refractivity (Wildman–Crippen MR) is 143 cm³/mol. The van der Waals surface area contributed by atoms with Crippen molar-refractivity contribution in [3.05, 3.63) is 36.5 Å². The van der Waals surface area contributed by atoms with E-state index >= 15 is 0 Å². The van der Waals surface area contributed by atoms with Crippen LogP contribution in [0.15, 0.2) is 36.5 Å². The van der Waals surface area contributed by atoms with Crippen LogP contribution in [0.2, 0.25) is 0 Å². The van der Waals surface area contributed by atoms with E-state index in [9.17, 15) is 18.0 Å². The van der Waals surface area contributed by atoms with Crippen LogP contribution in [-0.4, -0.2) is 79.8 Å². The molecule has 3 aromatic rings. The molecular weight excluding hydrogens is 563 g/mol. The van der Waals surface area contributed by atoms with Crippen molar-refractivity contribution in [3.63, 3.8) is 0 Å². The number of hydrogen-bond donors (Lipinski definition) is 2. The van der Waals surface area contributed by atoms with Crippen LogP contribution >= 0.6 is 0 Å². The molecule has 2 saturated heterocycles. The molecule has 11 nitrogen and oxygen atoms in total. The Bertz CT molecular complexity index is 1390. The lowest BCUT2D eigenvalue weighted by Crippen LogP contribution is -2.26. The Morgan fingerprint density at radius 2 is 1.81 bits per heavy atom. The maximum absolute atomic E-state index is 11.6. The van der Waals surface area contributed by atoms with E-state index < -0.39 is 12.1 Å². The molecule has 0 radical (unpaired) electrons. The van der Waals surface area contributed by atoms with Crippen molar-refractivity contribution >= 4 is 22.8 Å². The van der Waals surface area contributed by atoms with Crippen LogP contribution in [0, 0.1) is 5.92 Å². The Morgan fingerprint density at radius 1 is 1.14 bits per heavy atom. The van der Waals surface area contributed by atoms with Crippen molar-refractivity contribution in [3.8, 4) is 34.4 Å². The van der Waals surface area contributed by atoms with Gasteiger partial charge in [-0.05, 0) is 30.3 Å². The molecular formula is C28H30F3N3O8. The number of amides is 1. The number of aromatic nitrogens is 2. The zero-order chi connectivity index (χ0) is 30.3. The summed E-state index contributed by atoms with van der Waals surface area (Å²) in [6, 6.07) is 9.47. The molecule has 226 valence electrons. The second-order valence-corrected chi connectivity index (χ2v) is 9.51. The molecule has 2 aromatic heterocycles. The maximum Gasteiger partial charge on any atom is 0.490 e. The van der Waals surface area contributed by atoms with Gasteiger partial charge in [0.25, 0.3) is 0 Å². The zero-order valence-corrected chi connectivity index (χ0v) is 22.9. The Hall–Kier alpha value is -4.33. The quantitative estimate of drug-likeness (QED) is 0.394. The highest BCUT2D eigenvalue weighted by Gasteiger charge is 2.38. The normalized spacial score (nSPS) is 17.2. The summed E-state index contributed by atoms with van der Waals surface area (Å²) in [6.07, 6.45) is -1.22. The van der Waals surface area contributed by atoms with E-state index in [0.717, 1.165) is 29.3 Å². The number of carbonyl (C=O) groups is 2. The number of nitrogens with one attached hydrogen (secondary N) is 1. The number of carbonyl (C=O) groups excluding carboxylic acids is 1. The molecule has 1 aromatic carbocycles. The summed E-state index contributed by atoms with van der Waals surface area (Å²) < 4.78 is 60.9. The van der Waals surface area contributed by atoms with Gasteiger partial charge >= 0.3 is 12.1 Å². The minimum absolute atomic E-state index is 0.0392. The topological polar surface area (TPSA) is 138 Å². The van der Waals surface area contributed by atoms with E-state index in [1.165, 1.54) is 0 Å². The standard InChI is InChI=1S/C26H29N3O6.C2HF3O2/c1-31-22-11-17(12-23(32-2)25(22)35-18-5-8-33-9-6-18)20-13-21-19(4-3-7-27-21)26(29-20)34-15-16-10-24(30)28-14-16;3-2(4,5)1(6)7/h3-4,7,11-13,16,18H,5-6,8-10,14-15H2,1-2H3,(H,28,30);(H,6,7)/t16-;/m1./s1. The van der Waals surface area contributed by atoms with Gasteiger partial charge in [0.1, 0.15) is 6.10 Å². The molecule has 0 saturated carbocycles. The van der Waals surface area contributed by atoms with Gasteiger partial charge in [-0.3, -0.25) is 9.78 Å². The molecule has 0 unspecified atom stereocenters. The number of fused-ring (bicyclic) bond motifs is 1. The van der Waals surface area contributed by atoms with Gasteiger partial charge in [-0.15, -0.1) is 0 Å². The van der Waals surface area contributed by atoms with Crippen molar-refractivity contribution < 1.29 is 51.6 Å². The number of carboxylic acids is 1. The zero-order valence-electron chi connectivity index (χ0n) is 22.9. The lowest BCUT2D eigenvalue weighted by Gasteiger charge is -2.25. The third-order valence-electron chi connectivity index (χ3n) is 6.53. The van der Waals surface area contributed by atoms with Crippen LogP contribution < -0.4 is 24.3 Å². The first kappa shape index (κ1) is 30.6. The Morgan fingerprint density at radius 3 is 2.38 bits per heavy atom. The molecule has 0 spiro atoms. The predicted octanol–water partition coefficient (Wildman–Crippen LogP) is 4.02. The fraction of sp³-hybridized carbons (Fsp3) is 0.429. The van der Waals surface area contributed by atoms with E-state index in [1.54, 1.807) is 20.4 Å². The number of methoxy groups -OCH3 is 2. The lowest BCUT2D eigenvalue weighted by atomic mass is 10.1. The average molecular weight is 594 g/mol. The summed E-state index contributed by atoms with van der Waals surface area (Å²) in [4.78, 5) is 29.8. The molecule has 1 atom stereocenters. The molecule has 2 aliphatic heterocycles. The number of rotatable bonds is 8. The van der Waals surface area contributed by atoms with Crippen LogP contribution in [-0.2, 0) is 14.3 Å². The molecule has 42 heavy (non-hydrogen) atoms. The van der Waals surface area contributed by atoms with Crippen LogP contribution in [0.5, 0.6) is 23.1 Å². The third-order valence-corrected chi connectivity index (χ3v) is 6.53. The van der Waals surface area contributed by atoms with Crippen molar-refractivity contribution in [1.82, 2.24) is 15.3 Å². The van der Waals surface area contributed by atoms with Crippen LogP contribution in [0.25, 0.3) is 22.2 Å². The summed E-state index contributed by atoms with van der Waals surface area (Å²) in [7, 11) is 3.21. The molecule has 14 heteroatoms. The number of benzene rings is 1. The summed E-state index contributed by atoms with van der Waals surface area (Å²) in [5.74, 6) is -0.425.